The highest BCUT2D eigenvalue weighted by Gasteiger charge is 2.01. The van der Waals surface area contributed by atoms with Gasteiger partial charge in [0.2, 0.25) is 10.4 Å². The monoisotopic (exact) mass is 213 g/mol. The van der Waals surface area contributed by atoms with E-state index < -0.39 is 10.4 Å². The van der Waals surface area contributed by atoms with Crippen molar-refractivity contribution in [1.82, 2.24) is 0 Å². The zero-order valence-electron chi connectivity index (χ0n) is 8.90. The molecule has 0 saturated carbocycles. The van der Waals surface area contributed by atoms with Gasteiger partial charge in [-0.05, 0) is 6.42 Å². The van der Waals surface area contributed by atoms with Gasteiger partial charge in [-0.2, -0.15) is 0 Å². The Bertz CT molecular complexity index is 205. The van der Waals surface area contributed by atoms with Gasteiger partial charge in [-0.15, -0.1) is 0 Å². The van der Waals surface area contributed by atoms with Gasteiger partial charge in [-0.1, -0.05) is 6.92 Å². The molecule has 0 aliphatic carbocycles. The van der Waals surface area contributed by atoms with Crippen molar-refractivity contribution < 1.29 is 21.6 Å². The first-order chi connectivity index (χ1) is 5.62. The highest BCUT2D eigenvalue weighted by Crippen LogP contribution is 1.90. The molecule has 0 heterocycles. The second-order valence-electron chi connectivity index (χ2n) is 3.59. The smallest absolute Gasteiger partial charge is 0.217 e. The van der Waals surface area contributed by atoms with E-state index in [4.69, 9.17) is 0 Å². The maximum atomic E-state index is 9.22. The fourth-order valence-electron chi connectivity index (χ4n) is 0.671. The van der Waals surface area contributed by atoms with Crippen molar-refractivity contribution in [3.63, 3.8) is 0 Å². The lowest BCUT2D eigenvalue weighted by Crippen LogP contribution is -2.34. The summed E-state index contributed by atoms with van der Waals surface area (Å²) >= 11 is 0. The molecule has 0 radical (unpaired) electrons. The van der Waals surface area contributed by atoms with Crippen LogP contribution in [0.5, 0.6) is 0 Å². The van der Waals surface area contributed by atoms with Crippen LogP contribution in [0.2, 0.25) is 0 Å². The molecule has 13 heavy (non-hydrogen) atoms. The number of nitrogens with zero attached hydrogens (tertiary/aromatic N) is 1. The second-order valence-corrected chi connectivity index (χ2v) is 4.74. The fourth-order valence-corrected chi connectivity index (χ4v) is 0.671. The van der Waals surface area contributed by atoms with Crippen LogP contribution in [0.3, 0.4) is 0 Å². The molecule has 0 amide bonds. The van der Waals surface area contributed by atoms with Crippen molar-refractivity contribution in [1.29, 1.82) is 0 Å². The van der Waals surface area contributed by atoms with Crippen LogP contribution in [0.4, 0.5) is 0 Å². The third-order valence-corrected chi connectivity index (χ3v) is 1.51. The van der Waals surface area contributed by atoms with E-state index in [2.05, 4.69) is 32.2 Å². The summed E-state index contributed by atoms with van der Waals surface area (Å²) in [6.07, 6.45) is 1.28. The van der Waals surface area contributed by atoms with Gasteiger partial charge >= 0.3 is 0 Å². The molecular weight excluding hydrogens is 194 g/mol. The third-order valence-electron chi connectivity index (χ3n) is 1.10. The first kappa shape index (κ1) is 15.3. The molecule has 0 aliphatic heterocycles. The molecule has 0 atom stereocenters. The zero-order chi connectivity index (χ0) is 11.1. The number of quaternary nitrogens is 1. The van der Waals surface area contributed by atoms with Gasteiger partial charge in [-0.25, -0.2) is 8.42 Å². The molecule has 0 N–H and O–H groups in total. The summed E-state index contributed by atoms with van der Waals surface area (Å²) in [6.45, 7) is 3.49. The molecule has 0 aliphatic rings. The van der Waals surface area contributed by atoms with E-state index in [0.717, 1.165) is 11.6 Å². The van der Waals surface area contributed by atoms with Crippen LogP contribution < -0.4 is 0 Å². The minimum atomic E-state index is -4.41. The topological polar surface area (TPSA) is 66.4 Å². The summed E-state index contributed by atoms with van der Waals surface area (Å²) in [7, 11) is 3.03. The maximum Gasteiger partial charge on any atom is 0.217 e. The molecule has 0 unspecified atom stereocenters. The van der Waals surface area contributed by atoms with Crippen LogP contribution in [0, 0.1) is 0 Å². The Kier molecular flexibility index (Phi) is 7.43. The van der Waals surface area contributed by atoms with E-state index in [1.165, 1.54) is 13.0 Å². The van der Waals surface area contributed by atoms with Gasteiger partial charge in [0.05, 0.1) is 34.8 Å². The Labute approximate surface area is 80.9 Å². The number of hydrogen-bond donors (Lipinski definition) is 0. The number of hydrogen-bond acceptors (Lipinski definition) is 4. The standard InChI is InChI=1S/C6H16N.CH4O4S/c1-5-6-7(2,3)4;1-5-6(2,3)4/h5-6H2,1-4H3;1H3,(H,2,3,4)/q+1;/p-1. The van der Waals surface area contributed by atoms with Gasteiger partial charge in [0.1, 0.15) is 0 Å². The Balaban J connectivity index is 0. The van der Waals surface area contributed by atoms with Gasteiger partial charge in [0, 0.05) is 0 Å². The first-order valence-electron chi connectivity index (χ1n) is 3.94. The highest BCUT2D eigenvalue weighted by molar-refractivity contribution is 7.80. The van der Waals surface area contributed by atoms with Crippen molar-refractivity contribution >= 4 is 10.4 Å². The summed E-state index contributed by atoms with van der Waals surface area (Å²) < 4.78 is 32.1. The van der Waals surface area contributed by atoms with Crippen molar-refractivity contribution in [3.8, 4) is 0 Å². The average Bonchev–Trinajstić information content (AvgIpc) is 1.84. The van der Waals surface area contributed by atoms with E-state index >= 15 is 0 Å². The molecule has 0 aromatic rings. The molecule has 0 spiro atoms. The molecule has 0 rings (SSSR count). The Morgan fingerprint density at radius 1 is 1.31 bits per heavy atom. The van der Waals surface area contributed by atoms with Crippen molar-refractivity contribution in [3.05, 3.63) is 0 Å². The quantitative estimate of drug-likeness (QED) is 0.381. The van der Waals surface area contributed by atoms with Crippen LogP contribution in [0.1, 0.15) is 13.3 Å². The Morgan fingerprint density at radius 3 is 1.62 bits per heavy atom. The van der Waals surface area contributed by atoms with E-state index in [-0.39, 0.29) is 0 Å². The highest BCUT2D eigenvalue weighted by atomic mass is 32.3. The number of rotatable bonds is 3. The average molecular weight is 213 g/mol. The van der Waals surface area contributed by atoms with E-state index in [1.54, 1.807) is 0 Å². The second kappa shape index (κ2) is 6.31. The van der Waals surface area contributed by atoms with E-state index in [1.807, 2.05) is 0 Å². The molecule has 0 saturated heterocycles. The van der Waals surface area contributed by atoms with E-state index in [0.29, 0.717) is 0 Å². The Morgan fingerprint density at radius 2 is 1.62 bits per heavy atom. The van der Waals surface area contributed by atoms with Crippen molar-refractivity contribution in [2.24, 2.45) is 0 Å². The SMILES string of the molecule is CCC[N+](C)(C)C.COS(=O)(=O)[O-]. The molecule has 5 nitrogen and oxygen atoms in total. The van der Waals surface area contributed by atoms with Crippen LogP contribution in [0.15, 0.2) is 0 Å². The molecule has 0 aromatic carbocycles. The third kappa shape index (κ3) is 24.5. The zero-order valence-corrected chi connectivity index (χ0v) is 9.72. The fraction of sp³-hybridized carbons (Fsp3) is 1.00. The van der Waals surface area contributed by atoms with Gasteiger partial charge < -0.3 is 9.04 Å². The first-order valence-corrected chi connectivity index (χ1v) is 5.27. The van der Waals surface area contributed by atoms with Crippen molar-refractivity contribution in [2.75, 3.05) is 34.8 Å². The summed E-state index contributed by atoms with van der Waals surface area (Å²) in [4.78, 5) is 0. The normalized spacial score (nSPS) is 11.8. The molecule has 0 fully saturated rings. The van der Waals surface area contributed by atoms with Crippen molar-refractivity contribution in [2.45, 2.75) is 13.3 Å². The molecule has 0 bridgehead atoms. The summed E-state index contributed by atoms with van der Waals surface area (Å²) in [5.41, 5.74) is 0. The summed E-state index contributed by atoms with van der Waals surface area (Å²) in [5, 5.41) is 0. The minimum absolute atomic E-state index is 0.808. The predicted molar refractivity (Wildman–Crippen MR) is 49.9 cm³/mol. The van der Waals surface area contributed by atoms with Gasteiger partial charge in [0.15, 0.2) is 0 Å². The lowest BCUT2D eigenvalue weighted by atomic mass is 10.4. The van der Waals surface area contributed by atoms with Crippen LogP contribution in [-0.2, 0) is 14.6 Å². The lowest BCUT2D eigenvalue weighted by molar-refractivity contribution is -0.870. The summed E-state index contributed by atoms with van der Waals surface area (Å²) in [5.74, 6) is 0. The largest absolute Gasteiger partial charge is 0.726 e. The van der Waals surface area contributed by atoms with Crippen LogP contribution >= 0.6 is 0 Å². The van der Waals surface area contributed by atoms with Gasteiger partial charge in [-0.3, -0.25) is 4.18 Å². The predicted octanol–water partition coefficient (Wildman–Crippen LogP) is 0.196. The lowest BCUT2D eigenvalue weighted by Gasteiger charge is -2.22. The van der Waals surface area contributed by atoms with Crippen LogP contribution in [0.25, 0.3) is 0 Å². The molecular formula is C7H19NO4S. The maximum absolute atomic E-state index is 9.22. The minimum Gasteiger partial charge on any atom is -0.726 e. The van der Waals surface area contributed by atoms with E-state index in [9.17, 15) is 13.0 Å². The van der Waals surface area contributed by atoms with Gasteiger partial charge in [0.25, 0.3) is 0 Å². The molecule has 0 aromatic heterocycles. The summed E-state index contributed by atoms with van der Waals surface area (Å²) in [6, 6.07) is 0. The molecule has 6 heteroatoms. The Hall–Kier alpha value is -0.170. The molecule has 82 valence electrons. The van der Waals surface area contributed by atoms with Crippen LogP contribution in [-0.4, -0.2) is 52.3 Å².